The molecule has 10 heteroatoms. The summed E-state index contributed by atoms with van der Waals surface area (Å²) in [7, 11) is 0. The van der Waals surface area contributed by atoms with E-state index in [1.54, 1.807) is 37.3 Å². The van der Waals surface area contributed by atoms with E-state index in [0.29, 0.717) is 11.1 Å². The Balaban J connectivity index is 2.00. The maximum absolute atomic E-state index is 14.1. The lowest BCUT2D eigenvalue weighted by Gasteiger charge is -2.31. The molecular formula is C24H19F2N3O5. The molecule has 0 bridgehead atoms. The largest absolute Gasteiger partial charge is 0.500 e. The number of nitrogens with one attached hydrogen (secondary N) is 2. The molecule has 1 aliphatic heterocycles. The highest BCUT2D eigenvalue weighted by atomic mass is 19.2. The Bertz CT molecular complexity index is 1310. The molecule has 1 heterocycles. The Morgan fingerprint density at radius 2 is 1.79 bits per heavy atom. The van der Waals surface area contributed by atoms with E-state index in [1.165, 1.54) is 12.1 Å². The minimum atomic E-state index is -1.10. The summed E-state index contributed by atoms with van der Waals surface area (Å²) in [5.41, 5.74) is 1.13. The van der Waals surface area contributed by atoms with Gasteiger partial charge in [-0.1, -0.05) is 30.3 Å². The quantitative estimate of drug-likeness (QED) is 0.353. The molecule has 1 unspecified atom stereocenters. The number of amides is 2. The van der Waals surface area contributed by atoms with Crippen LogP contribution < -0.4 is 15.4 Å². The summed E-state index contributed by atoms with van der Waals surface area (Å²) in [4.78, 5) is 23.4. The Kier molecular flexibility index (Phi) is 6.13. The van der Waals surface area contributed by atoms with Crippen LogP contribution in [0.25, 0.3) is 11.3 Å². The van der Waals surface area contributed by atoms with Gasteiger partial charge in [0.25, 0.3) is 0 Å². The molecule has 4 rings (SSSR count). The number of phenolic OH excluding ortho intramolecular Hbond substituents is 1. The van der Waals surface area contributed by atoms with Gasteiger partial charge in [0.2, 0.25) is 5.75 Å². The van der Waals surface area contributed by atoms with Crippen LogP contribution in [0.5, 0.6) is 11.5 Å². The Hall–Kier alpha value is -4.47. The van der Waals surface area contributed by atoms with Gasteiger partial charge in [0.15, 0.2) is 17.4 Å². The van der Waals surface area contributed by atoms with Gasteiger partial charge >= 0.3 is 11.7 Å². The van der Waals surface area contributed by atoms with Crippen molar-refractivity contribution in [1.29, 1.82) is 0 Å². The predicted octanol–water partition coefficient (Wildman–Crippen LogP) is 4.90. The number of hydrogen-bond donors (Lipinski definition) is 3. The van der Waals surface area contributed by atoms with Crippen LogP contribution in [0.1, 0.15) is 29.7 Å². The van der Waals surface area contributed by atoms with Gasteiger partial charge in [-0.2, -0.15) is 0 Å². The highest BCUT2D eigenvalue weighted by Gasteiger charge is 2.33. The van der Waals surface area contributed by atoms with Crippen LogP contribution in [0.4, 0.5) is 19.3 Å². The normalized spacial score (nSPS) is 15.5. The first-order valence-corrected chi connectivity index (χ1v) is 10.3. The van der Waals surface area contributed by atoms with E-state index >= 15 is 0 Å². The topological polar surface area (TPSA) is 114 Å². The minimum absolute atomic E-state index is 0.124. The van der Waals surface area contributed by atoms with Crippen molar-refractivity contribution >= 4 is 23.0 Å². The third kappa shape index (κ3) is 4.25. The van der Waals surface area contributed by atoms with E-state index in [4.69, 9.17) is 4.74 Å². The first kappa shape index (κ1) is 22.7. The maximum Gasteiger partial charge on any atom is 0.320 e. The van der Waals surface area contributed by atoms with Gasteiger partial charge in [0.05, 0.1) is 23.3 Å². The van der Waals surface area contributed by atoms with Crippen molar-refractivity contribution in [1.82, 2.24) is 10.6 Å². The van der Waals surface area contributed by atoms with Crippen molar-refractivity contribution in [3.8, 4) is 11.5 Å². The zero-order chi connectivity index (χ0) is 24.4. The molecule has 3 aromatic rings. The molecule has 0 saturated heterocycles. The van der Waals surface area contributed by atoms with Gasteiger partial charge in [0.1, 0.15) is 0 Å². The third-order valence-electron chi connectivity index (χ3n) is 5.27. The fraction of sp³-hybridized carbons (Fsp3) is 0.125. The van der Waals surface area contributed by atoms with E-state index in [-0.39, 0.29) is 29.2 Å². The average Bonchev–Trinajstić information content (AvgIpc) is 2.82. The molecule has 0 aliphatic carbocycles. The summed E-state index contributed by atoms with van der Waals surface area (Å²) in [5.74, 6) is -2.90. The van der Waals surface area contributed by atoms with Gasteiger partial charge in [0, 0.05) is 17.2 Å². The Labute approximate surface area is 192 Å². The summed E-state index contributed by atoms with van der Waals surface area (Å²) < 4.78 is 33.0. The second kappa shape index (κ2) is 9.18. The number of phenols is 1. The first-order valence-electron chi connectivity index (χ1n) is 10.3. The number of nitro benzene ring substituents is 1. The zero-order valence-electron chi connectivity index (χ0n) is 17.8. The molecule has 3 N–H and O–H groups in total. The van der Waals surface area contributed by atoms with E-state index in [9.17, 15) is 28.8 Å². The van der Waals surface area contributed by atoms with Crippen LogP contribution in [0.15, 0.2) is 60.7 Å². The van der Waals surface area contributed by atoms with Gasteiger partial charge < -0.3 is 20.5 Å². The van der Waals surface area contributed by atoms with E-state index in [1.807, 2.05) is 0 Å². The number of urea groups is 1. The lowest BCUT2D eigenvalue weighted by molar-refractivity contribution is -0.386. The Morgan fingerprint density at radius 1 is 1.06 bits per heavy atom. The van der Waals surface area contributed by atoms with Crippen LogP contribution in [-0.2, 0) is 0 Å². The molecule has 2 amide bonds. The van der Waals surface area contributed by atoms with Crippen LogP contribution >= 0.6 is 0 Å². The number of benzene rings is 3. The molecule has 174 valence electrons. The van der Waals surface area contributed by atoms with Crippen molar-refractivity contribution in [2.45, 2.75) is 13.0 Å². The van der Waals surface area contributed by atoms with Crippen LogP contribution in [-0.4, -0.2) is 22.7 Å². The fourth-order valence-corrected chi connectivity index (χ4v) is 3.81. The summed E-state index contributed by atoms with van der Waals surface area (Å²) in [6.45, 7) is 1.79. The number of carbonyl (C=O) groups is 1. The predicted molar refractivity (Wildman–Crippen MR) is 120 cm³/mol. The van der Waals surface area contributed by atoms with Gasteiger partial charge in [-0.15, -0.1) is 0 Å². The van der Waals surface area contributed by atoms with E-state index < -0.39 is 40.1 Å². The molecule has 8 nitrogen and oxygen atoms in total. The number of nitrogens with zero attached hydrogens (tertiary/aromatic N) is 1. The van der Waals surface area contributed by atoms with Crippen LogP contribution in [0.3, 0.4) is 0 Å². The van der Waals surface area contributed by atoms with Crippen LogP contribution in [0.2, 0.25) is 0 Å². The SMILES string of the molecule is CCOc1cc(C2NC(=O)NC(c3ccc(F)c(F)c3)=C2c2ccccc2)cc([N+](=O)[O-])c1O. The lowest BCUT2D eigenvalue weighted by Crippen LogP contribution is -2.43. The van der Waals surface area contributed by atoms with E-state index in [0.717, 1.165) is 18.2 Å². The third-order valence-corrected chi connectivity index (χ3v) is 5.27. The number of nitro groups is 1. The molecule has 0 radical (unpaired) electrons. The maximum atomic E-state index is 14.1. The molecule has 0 saturated carbocycles. The van der Waals surface area contributed by atoms with Crippen molar-refractivity contribution in [3.05, 3.63) is 99.1 Å². The minimum Gasteiger partial charge on any atom is -0.500 e. The zero-order valence-corrected chi connectivity index (χ0v) is 17.8. The highest BCUT2D eigenvalue weighted by Crippen LogP contribution is 2.44. The Morgan fingerprint density at radius 3 is 2.44 bits per heavy atom. The summed E-state index contributed by atoms with van der Waals surface area (Å²) in [6, 6.07) is 13.0. The van der Waals surface area contributed by atoms with Crippen molar-refractivity contribution in [2.24, 2.45) is 0 Å². The van der Waals surface area contributed by atoms with Gasteiger partial charge in [-0.25, -0.2) is 13.6 Å². The molecule has 0 aromatic heterocycles. The molecule has 3 aromatic carbocycles. The van der Waals surface area contributed by atoms with Crippen LogP contribution in [0, 0.1) is 21.7 Å². The summed E-state index contributed by atoms with van der Waals surface area (Å²) in [5, 5.41) is 27.2. The monoisotopic (exact) mass is 467 g/mol. The molecule has 34 heavy (non-hydrogen) atoms. The second-order valence-electron chi connectivity index (χ2n) is 7.39. The van der Waals surface area contributed by atoms with Crippen molar-refractivity contribution < 1.29 is 28.3 Å². The number of halogens is 2. The van der Waals surface area contributed by atoms with Gasteiger partial charge in [-0.3, -0.25) is 10.1 Å². The molecule has 1 atom stereocenters. The molecule has 1 aliphatic rings. The van der Waals surface area contributed by atoms with Crippen molar-refractivity contribution in [3.63, 3.8) is 0 Å². The number of carbonyl (C=O) groups excluding carboxylic acids is 1. The van der Waals surface area contributed by atoms with Crippen molar-refractivity contribution in [2.75, 3.05) is 6.61 Å². The molecule has 0 fully saturated rings. The number of hydrogen-bond acceptors (Lipinski definition) is 5. The second-order valence-corrected chi connectivity index (χ2v) is 7.39. The number of rotatable bonds is 6. The fourth-order valence-electron chi connectivity index (χ4n) is 3.81. The number of aromatic hydroxyl groups is 1. The first-order chi connectivity index (χ1) is 16.3. The summed E-state index contributed by atoms with van der Waals surface area (Å²) >= 11 is 0. The smallest absolute Gasteiger partial charge is 0.320 e. The van der Waals surface area contributed by atoms with E-state index in [2.05, 4.69) is 10.6 Å². The summed E-state index contributed by atoms with van der Waals surface area (Å²) in [6.07, 6.45) is 0. The number of ether oxygens (including phenoxy) is 1. The molecular weight excluding hydrogens is 448 g/mol. The molecule has 0 spiro atoms. The lowest BCUT2D eigenvalue weighted by atomic mass is 9.87. The standard InChI is InChI=1S/C24H19F2N3O5/c1-2-34-19-12-15(11-18(23(19)30)29(32)33)22-20(13-6-4-3-5-7-13)21(27-24(31)28-22)14-8-9-16(25)17(26)10-14/h3-12,22,30H,2H2,1H3,(H2,27,28,31). The average molecular weight is 467 g/mol. The van der Waals surface area contributed by atoms with Gasteiger partial charge in [-0.05, 0) is 42.3 Å². The highest BCUT2D eigenvalue weighted by molar-refractivity contribution is 6.03.